The summed E-state index contributed by atoms with van der Waals surface area (Å²) in [5, 5.41) is 2.93. The highest BCUT2D eigenvalue weighted by molar-refractivity contribution is 5.78. The number of likely N-dealkylation sites (tertiary alicyclic amines) is 1. The summed E-state index contributed by atoms with van der Waals surface area (Å²) in [7, 11) is 3.30. The Kier molecular flexibility index (Phi) is 6.18. The summed E-state index contributed by atoms with van der Waals surface area (Å²) in [6.07, 6.45) is 4.02. The quantitative estimate of drug-likeness (QED) is 0.634. The molecule has 7 nitrogen and oxygen atoms in total. The molecule has 4 rings (SSSR count). The first-order chi connectivity index (χ1) is 14.7. The maximum Gasteiger partial charge on any atom is 0.317 e. The van der Waals surface area contributed by atoms with Crippen LogP contribution in [0.15, 0.2) is 48.7 Å². The van der Waals surface area contributed by atoms with E-state index < -0.39 is 0 Å². The lowest BCUT2D eigenvalue weighted by Crippen LogP contribution is -2.46. The zero-order valence-electron chi connectivity index (χ0n) is 17.5. The molecule has 3 heterocycles. The fourth-order valence-electron chi connectivity index (χ4n) is 4.08. The summed E-state index contributed by atoms with van der Waals surface area (Å²) in [4.78, 5) is 19.5. The number of imidazole rings is 1. The zero-order valence-corrected chi connectivity index (χ0v) is 17.5. The van der Waals surface area contributed by atoms with E-state index in [1.807, 2.05) is 35.2 Å². The largest absolute Gasteiger partial charge is 0.497 e. The topological polar surface area (TPSA) is 68.1 Å². The van der Waals surface area contributed by atoms with Crippen molar-refractivity contribution < 1.29 is 14.3 Å². The second-order valence-corrected chi connectivity index (χ2v) is 7.52. The molecule has 158 valence electrons. The summed E-state index contributed by atoms with van der Waals surface area (Å²) in [6, 6.07) is 14.1. The molecule has 1 saturated heterocycles. The maximum atomic E-state index is 12.5. The fourth-order valence-corrected chi connectivity index (χ4v) is 4.08. The van der Waals surface area contributed by atoms with E-state index in [4.69, 9.17) is 14.5 Å². The summed E-state index contributed by atoms with van der Waals surface area (Å²) >= 11 is 0. The summed E-state index contributed by atoms with van der Waals surface area (Å²) < 4.78 is 12.6. The van der Waals surface area contributed by atoms with Crippen LogP contribution in [0.4, 0.5) is 4.79 Å². The first-order valence-electron chi connectivity index (χ1n) is 10.3. The Morgan fingerprint density at radius 2 is 2.13 bits per heavy atom. The minimum Gasteiger partial charge on any atom is -0.497 e. The minimum atomic E-state index is -0.0365. The van der Waals surface area contributed by atoms with E-state index in [9.17, 15) is 4.79 Å². The third-order valence-corrected chi connectivity index (χ3v) is 5.58. The molecule has 2 amide bonds. The number of carbonyl (C=O) groups is 1. The average Bonchev–Trinajstić information content (AvgIpc) is 3.19. The van der Waals surface area contributed by atoms with E-state index in [1.165, 1.54) is 0 Å². The molecule has 1 aliphatic rings. The standard InChI is InChI=1S/C23H28N4O3/c1-29-14-11-24-23(28)26-12-6-8-18(16-26)22-25-21(20-10-3-4-13-27(20)22)17-7-5-9-19(15-17)30-2/h3-5,7,9-10,13,15,18H,6,8,11-12,14,16H2,1-2H3,(H,24,28). The number of benzene rings is 1. The number of ether oxygens (including phenoxy) is 2. The molecule has 0 spiro atoms. The van der Waals surface area contributed by atoms with E-state index in [2.05, 4.69) is 28.0 Å². The molecule has 7 heteroatoms. The molecule has 1 unspecified atom stereocenters. The zero-order chi connectivity index (χ0) is 20.9. The average molecular weight is 409 g/mol. The van der Waals surface area contributed by atoms with Crippen molar-refractivity contribution in [2.24, 2.45) is 0 Å². The molecule has 1 aliphatic heterocycles. The number of nitrogens with zero attached hydrogens (tertiary/aromatic N) is 3. The number of nitrogens with one attached hydrogen (secondary N) is 1. The molecule has 1 N–H and O–H groups in total. The normalized spacial score (nSPS) is 16.6. The number of hydrogen-bond donors (Lipinski definition) is 1. The summed E-state index contributed by atoms with van der Waals surface area (Å²) in [6.45, 7) is 2.45. The van der Waals surface area contributed by atoms with Crippen molar-refractivity contribution in [2.45, 2.75) is 18.8 Å². The molecule has 30 heavy (non-hydrogen) atoms. The van der Waals surface area contributed by atoms with Gasteiger partial charge >= 0.3 is 6.03 Å². The number of aromatic nitrogens is 2. The van der Waals surface area contributed by atoms with Crippen molar-refractivity contribution in [1.29, 1.82) is 0 Å². The van der Waals surface area contributed by atoms with Gasteiger partial charge < -0.3 is 24.1 Å². The first kappa shape index (κ1) is 20.2. The van der Waals surface area contributed by atoms with Crippen LogP contribution in [0, 0.1) is 0 Å². The van der Waals surface area contributed by atoms with Crippen LogP contribution in [0.1, 0.15) is 24.6 Å². The van der Waals surface area contributed by atoms with Crippen molar-refractivity contribution in [1.82, 2.24) is 19.6 Å². The Labute approximate surface area is 176 Å². The van der Waals surface area contributed by atoms with Gasteiger partial charge in [0.05, 0.1) is 24.9 Å². The van der Waals surface area contributed by atoms with Gasteiger partial charge in [-0.1, -0.05) is 18.2 Å². The third-order valence-electron chi connectivity index (χ3n) is 5.58. The second-order valence-electron chi connectivity index (χ2n) is 7.52. The van der Waals surface area contributed by atoms with E-state index in [0.717, 1.165) is 47.7 Å². The van der Waals surface area contributed by atoms with Crippen molar-refractivity contribution in [3.63, 3.8) is 0 Å². The lowest BCUT2D eigenvalue weighted by Gasteiger charge is -2.32. The molecule has 1 aromatic carbocycles. The Bertz CT molecular complexity index is 1020. The van der Waals surface area contributed by atoms with Crippen molar-refractivity contribution in [3.05, 3.63) is 54.5 Å². The summed E-state index contributed by atoms with van der Waals surface area (Å²) in [5.41, 5.74) is 3.02. The highest BCUT2D eigenvalue weighted by Crippen LogP contribution is 2.33. The van der Waals surface area contributed by atoms with Crippen LogP contribution < -0.4 is 10.1 Å². The lowest BCUT2D eigenvalue weighted by atomic mass is 9.97. The predicted molar refractivity (Wildman–Crippen MR) is 116 cm³/mol. The Hall–Kier alpha value is -3.06. The molecule has 3 aromatic rings. The number of carbonyl (C=O) groups excluding carboxylic acids is 1. The van der Waals surface area contributed by atoms with Gasteiger partial charge in [-0.25, -0.2) is 9.78 Å². The van der Waals surface area contributed by atoms with Crippen LogP contribution in [0.5, 0.6) is 5.75 Å². The third kappa shape index (κ3) is 4.11. The molecule has 0 bridgehead atoms. The number of fused-ring (bicyclic) bond motifs is 1. The van der Waals surface area contributed by atoms with Crippen molar-refractivity contribution in [3.8, 4) is 17.0 Å². The summed E-state index contributed by atoms with van der Waals surface area (Å²) in [5.74, 6) is 1.99. The monoisotopic (exact) mass is 408 g/mol. The Balaban J connectivity index is 1.63. The Morgan fingerprint density at radius 1 is 1.23 bits per heavy atom. The molecule has 0 radical (unpaired) electrons. The molecule has 1 fully saturated rings. The number of rotatable bonds is 6. The number of pyridine rings is 1. The molecular formula is C23H28N4O3. The Morgan fingerprint density at radius 3 is 2.97 bits per heavy atom. The van der Waals surface area contributed by atoms with E-state index in [1.54, 1.807) is 14.2 Å². The molecule has 2 aromatic heterocycles. The number of urea groups is 1. The van der Waals surface area contributed by atoms with Gasteiger partial charge in [-0.05, 0) is 37.1 Å². The second kappa shape index (κ2) is 9.17. The van der Waals surface area contributed by atoms with E-state index in [-0.39, 0.29) is 11.9 Å². The van der Waals surface area contributed by atoms with Crippen LogP contribution in [0.25, 0.3) is 16.8 Å². The van der Waals surface area contributed by atoms with Gasteiger partial charge in [0.25, 0.3) is 0 Å². The number of hydrogen-bond acceptors (Lipinski definition) is 4. The fraction of sp³-hybridized carbons (Fsp3) is 0.391. The number of methoxy groups -OCH3 is 2. The molecule has 0 aliphatic carbocycles. The van der Waals surface area contributed by atoms with Crippen molar-refractivity contribution in [2.75, 3.05) is 40.5 Å². The van der Waals surface area contributed by atoms with Crippen LogP contribution >= 0.6 is 0 Å². The van der Waals surface area contributed by atoms with Crippen LogP contribution in [-0.2, 0) is 4.74 Å². The maximum absolute atomic E-state index is 12.5. The van der Waals surface area contributed by atoms with E-state index >= 15 is 0 Å². The highest BCUT2D eigenvalue weighted by atomic mass is 16.5. The van der Waals surface area contributed by atoms with Gasteiger partial charge in [0, 0.05) is 44.4 Å². The van der Waals surface area contributed by atoms with Gasteiger partial charge in [0.1, 0.15) is 11.6 Å². The van der Waals surface area contributed by atoms with Gasteiger partial charge in [0.15, 0.2) is 0 Å². The van der Waals surface area contributed by atoms with E-state index in [0.29, 0.717) is 19.7 Å². The van der Waals surface area contributed by atoms with Gasteiger partial charge in [-0.2, -0.15) is 0 Å². The van der Waals surface area contributed by atoms with Crippen LogP contribution in [0.3, 0.4) is 0 Å². The first-order valence-corrected chi connectivity index (χ1v) is 10.3. The number of piperidine rings is 1. The highest BCUT2D eigenvalue weighted by Gasteiger charge is 2.28. The number of amides is 2. The molecular weight excluding hydrogens is 380 g/mol. The van der Waals surface area contributed by atoms with Crippen LogP contribution in [0.2, 0.25) is 0 Å². The van der Waals surface area contributed by atoms with Crippen molar-refractivity contribution >= 4 is 11.5 Å². The van der Waals surface area contributed by atoms with Crippen LogP contribution in [-0.4, -0.2) is 60.8 Å². The minimum absolute atomic E-state index is 0.0365. The van der Waals surface area contributed by atoms with Gasteiger partial charge in [0.2, 0.25) is 0 Å². The SMILES string of the molecule is COCCNC(=O)N1CCCC(c2nc(-c3cccc(OC)c3)c3ccccn23)C1. The molecule has 0 saturated carbocycles. The molecule has 1 atom stereocenters. The predicted octanol–water partition coefficient (Wildman–Crippen LogP) is 3.55. The van der Waals surface area contributed by atoms with Gasteiger partial charge in [-0.3, -0.25) is 0 Å². The lowest BCUT2D eigenvalue weighted by molar-refractivity contribution is 0.167. The van der Waals surface area contributed by atoms with Gasteiger partial charge in [-0.15, -0.1) is 0 Å². The smallest absolute Gasteiger partial charge is 0.317 e.